The Kier molecular flexibility index (Phi) is 6.29. The summed E-state index contributed by atoms with van der Waals surface area (Å²) in [6.45, 7) is 8.09. The van der Waals surface area contributed by atoms with Gasteiger partial charge in [0.1, 0.15) is 5.82 Å². The molecule has 1 aromatic rings. The van der Waals surface area contributed by atoms with E-state index < -0.39 is 6.10 Å². The minimum atomic E-state index is -0.400. The van der Waals surface area contributed by atoms with E-state index in [4.69, 9.17) is 5.11 Å². The number of aliphatic hydroxyl groups excluding tert-OH is 1. The second kappa shape index (κ2) is 7.74. The number of aliphatic hydroxyl groups is 1. The Morgan fingerprint density at radius 1 is 1.42 bits per heavy atom. The molecular formula is C14H23N3O2. The number of amides is 1. The third-order valence-corrected chi connectivity index (χ3v) is 2.95. The van der Waals surface area contributed by atoms with Gasteiger partial charge in [0, 0.05) is 25.8 Å². The molecule has 0 bridgehead atoms. The van der Waals surface area contributed by atoms with Crippen LogP contribution in [0.25, 0.3) is 0 Å². The fraction of sp³-hybridized carbons (Fsp3) is 0.571. The molecule has 1 aromatic heterocycles. The first-order valence-corrected chi connectivity index (χ1v) is 6.75. The number of anilines is 1. The molecule has 0 aliphatic rings. The molecule has 106 valence electrons. The van der Waals surface area contributed by atoms with Gasteiger partial charge in [-0.1, -0.05) is 0 Å². The number of carbonyl (C=O) groups is 1. The third-order valence-electron chi connectivity index (χ3n) is 2.95. The summed E-state index contributed by atoms with van der Waals surface area (Å²) < 4.78 is 0. The Morgan fingerprint density at radius 3 is 2.58 bits per heavy atom. The number of hydrogen-bond acceptors (Lipinski definition) is 4. The highest BCUT2D eigenvalue weighted by molar-refractivity contribution is 5.94. The highest BCUT2D eigenvalue weighted by Crippen LogP contribution is 2.10. The minimum absolute atomic E-state index is 0.153. The number of pyridine rings is 1. The van der Waals surface area contributed by atoms with Crippen molar-refractivity contribution in [3.63, 3.8) is 0 Å². The van der Waals surface area contributed by atoms with Gasteiger partial charge < -0.3 is 15.3 Å². The lowest BCUT2D eigenvalue weighted by atomic mass is 10.2. The summed E-state index contributed by atoms with van der Waals surface area (Å²) in [7, 11) is 0. The molecule has 1 atom stereocenters. The summed E-state index contributed by atoms with van der Waals surface area (Å²) in [4.78, 5) is 18.2. The normalized spacial score (nSPS) is 12.0. The molecule has 1 heterocycles. The fourth-order valence-corrected chi connectivity index (χ4v) is 1.75. The van der Waals surface area contributed by atoms with Crippen molar-refractivity contribution in [1.29, 1.82) is 0 Å². The van der Waals surface area contributed by atoms with Crippen molar-refractivity contribution in [3.8, 4) is 0 Å². The predicted octanol–water partition coefficient (Wildman–Crippen LogP) is 1.43. The molecule has 19 heavy (non-hydrogen) atoms. The zero-order valence-electron chi connectivity index (χ0n) is 11.9. The number of rotatable bonds is 7. The molecule has 0 saturated carbocycles. The molecule has 5 nitrogen and oxygen atoms in total. The number of carbonyl (C=O) groups excluding carboxylic acids is 1. The van der Waals surface area contributed by atoms with Crippen LogP contribution >= 0.6 is 0 Å². The van der Waals surface area contributed by atoms with Crippen LogP contribution in [0.3, 0.4) is 0 Å². The summed E-state index contributed by atoms with van der Waals surface area (Å²) in [5.74, 6) is 0.727. The zero-order valence-corrected chi connectivity index (χ0v) is 11.9. The van der Waals surface area contributed by atoms with E-state index in [2.05, 4.69) is 29.0 Å². The molecule has 1 amide bonds. The van der Waals surface area contributed by atoms with Gasteiger partial charge >= 0.3 is 0 Å². The zero-order chi connectivity index (χ0) is 14.3. The molecule has 1 rings (SSSR count). The molecule has 0 radical (unpaired) electrons. The topological polar surface area (TPSA) is 65.5 Å². The Morgan fingerprint density at radius 2 is 2.11 bits per heavy atom. The molecule has 1 unspecified atom stereocenters. The first-order valence-electron chi connectivity index (χ1n) is 6.75. The van der Waals surface area contributed by atoms with Crippen LogP contribution < -0.4 is 10.2 Å². The maximum absolute atomic E-state index is 11.8. The van der Waals surface area contributed by atoms with Crippen molar-refractivity contribution >= 4 is 11.7 Å². The summed E-state index contributed by atoms with van der Waals surface area (Å²) in [6, 6.07) is 3.63. The fourth-order valence-electron chi connectivity index (χ4n) is 1.75. The Bertz CT molecular complexity index is 386. The van der Waals surface area contributed by atoms with Gasteiger partial charge in [0.15, 0.2) is 0 Å². The lowest BCUT2D eigenvalue weighted by Crippen LogP contribution is -2.27. The van der Waals surface area contributed by atoms with E-state index in [0.29, 0.717) is 18.5 Å². The predicted molar refractivity (Wildman–Crippen MR) is 76.4 cm³/mol. The summed E-state index contributed by atoms with van der Waals surface area (Å²) in [5.41, 5.74) is 0.543. The van der Waals surface area contributed by atoms with Gasteiger partial charge in [-0.2, -0.15) is 0 Å². The van der Waals surface area contributed by atoms with E-state index >= 15 is 0 Å². The van der Waals surface area contributed by atoms with Gasteiger partial charge in [-0.05, 0) is 39.3 Å². The number of nitrogens with one attached hydrogen (secondary N) is 1. The minimum Gasteiger partial charge on any atom is -0.393 e. The maximum Gasteiger partial charge on any atom is 0.252 e. The van der Waals surface area contributed by atoms with Crippen LogP contribution in [0, 0.1) is 0 Å². The van der Waals surface area contributed by atoms with Crippen LogP contribution in [0.2, 0.25) is 0 Å². The average molecular weight is 265 g/mol. The summed E-state index contributed by atoms with van der Waals surface area (Å²) in [5, 5.41) is 11.9. The number of aromatic nitrogens is 1. The molecule has 0 aliphatic heterocycles. The van der Waals surface area contributed by atoms with Gasteiger partial charge in [-0.15, -0.1) is 0 Å². The lowest BCUT2D eigenvalue weighted by molar-refractivity contribution is 0.0945. The van der Waals surface area contributed by atoms with Crippen molar-refractivity contribution in [1.82, 2.24) is 10.3 Å². The van der Waals surface area contributed by atoms with Crippen LogP contribution in [0.4, 0.5) is 5.82 Å². The molecule has 2 N–H and O–H groups in total. The van der Waals surface area contributed by atoms with Crippen LogP contribution in [-0.2, 0) is 0 Å². The Hall–Kier alpha value is -1.62. The van der Waals surface area contributed by atoms with Gasteiger partial charge in [-0.25, -0.2) is 4.98 Å². The smallest absolute Gasteiger partial charge is 0.252 e. The van der Waals surface area contributed by atoms with Crippen LogP contribution in [0.15, 0.2) is 18.3 Å². The Balaban J connectivity index is 2.58. The lowest BCUT2D eigenvalue weighted by Gasteiger charge is -2.19. The highest BCUT2D eigenvalue weighted by atomic mass is 16.3. The number of nitrogens with zero attached hydrogens (tertiary/aromatic N) is 2. The molecule has 0 saturated heterocycles. The summed E-state index contributed by atoms with van der Waals surface area (Å²) in [6.07, 6.45) is 1.74. The molecule has 0 spiro atoms. The first-order chi connectivity index (χ1) is 9.08. The van der Waals surface area contributed by atoms with Gasteiger partial charge in [0.25, 0.3) is 5.91 Å². The largest absolute Gasteiger partial charge is 0.393 e. The van der Waals surface area contributed by atoms with Gasteiger partial charge in [0.05, 0.1) is 11.7 Å². The second-order valence-corrected chi connectivity index (χ2v) is 4.47. The SMILES string of the molecule is CCN(CC)c1ccc(C(=O)NCCC(C)O)cn1. The average Bonchev–Trinajstić information content (AvgIpc) is 2.40. The van der Waals surface area contributed by atoms with Crippen molar-refractivity contribution in [2.75, 3.05) is 24.5 Å². The molecule has 5 heteroatoms. The molecular weight excluding hydrogens is 242 g/mol. The van der Waals surface area contributed by atoms with Crippen molar-refractivity contribution in [2.24, 2.45) is 0 Å². The Labute approximate surface area is 114 Å². The third kappa shape index (κ3) is 4.87. The van der Waals surface area contributed by atoms with E-state index in [-0.39, 0.29) is 5.91 Å². The standard InChI is InChI=1S/C14H23N3O2/c1-4-17(5-2)13-7-6-12(10-16-13)14(19)15-9-8-11(3)18/h6-7,10-11,18H,4-5,8-9H2,1-3H3,(H,15,19). The monoisotopic (exact) mass is 265 g/mol. The van der Waals surface area contributed by atoms with E-state index in [0.717, 1.165) is 18.9 Å². The van der Waals surface area contributed by atoms with Crippen molar-refractivity contribution in [3.05, 3.63) is 23.9 Å². The second-order valence-electron chi connectivity index (χ2n) is 4.47. The first kappa shape index (κ1) is 15.4. The van der Waals surface area contributed by atoms with E-state index in [1.807, 2.05) is 6.07 Å². The van der Waals surface area contributed by atoms with Gasteiger partial charge in [0.2, 0.25) is 0 Å². The van der Waals surface area contributed by atoms with Crippen LogP contribution in [-0.4, -0.2) is 41.7 Å². The molecule has 0 fully saturated rings. The van der Waals surface area contributed by atoms with E-state index in [9.17, 15) is 4.79 Å². The molecule has 0 aliphatic carbocycles. The van der Waals surface area contributed by atoms with Gasteiger partial charge in [-0.3, -0.25) is 4.79 Å². The number of hydrogen-bond donors (Lipinski definition) is 2. The molecule has 0 aromatic carbocycles. The van der Waals surface area contributed by atoms with Crippen LogP contribution in [0.5, 0.6) is 0 Å². The van der Waals surface area contributed by atoms with E-state index in [1.165, 1.54) is 0 Å². The summed E-state index contributed by atoms with van der Waals surface area (Å²) >= 11 is 0. The maximum atomic E-state index is 11.8. The van der Waals surface area contributed by atoms with Crippen LogP contribution in [0.1, 0.15) is 37.6 Å². The highest BCUT2D eigenvalue weighted by Gasteiger charge is 2.08. The van der Waals surface area contributed by atoms with Crippen molar-refractivity contribution < 1.29 is 9.90 Å². The quantitative estimate of drug-likeness (QED) is 0.782. The van der Waals surface area contributed by atoms with Crippen molar-refractivity contribution in [2.45, 2.75) is 33.3 Å². The van der Waals surface area contributed by atoms with E-state index in [1.54, 1.807) is 19.2 Å².